The van der Waals surface area contributed by atoms with Crippen LogP contribution in [0.15, 0.2) is 0 Å². The van der Waals surface area contributed by atoms with Crippen LogP contribution in [0.5, 0.6) is 0 Å². The molecule has 1 heterocycles. The van der Waals surface area contributed by atoms with Crippen molar-refractivity contribution in [1.82, 2.24) is 5.32 Å². The highest BCUT2D eigenvalue weighted by Crippen LogP contribution is 2.12. The summed E-state index contributed by atoms with van der Waals surface area (Å²) in [5.41, 5.74) is 0. The summed E-state index contributed by atoms with van der Waals surface area (Å²) in [6, 6.07) is 0. The Hall–Kier alpha value is 0.0700. The van der Waals surface area contributed by atoms with Crippen molar-refractivity contribution in [2.75, 3.05) is 32.1 Å². The van der Waals surface area contributed by atoms with Gasteiger partial charge >= 0.3 is 0 Å². The minimum absolute atomic E-state index is 0.382. The van der Waals surface area contributed by atoms with Crippen LogP contribution < -0.4 is 5.32 Å². The SMILES string of the molecule is CCNCCS(=O)C1CCOCC1. The van der Waals surface area contributed by atoms with Gasteiger partial charge in [0.25, 0.3) is 0 Å². The predicted molar refractivity (Wildman–Crippen MR) is 55.4 cm³/mol. The van der Waals surface area contributed by atoms with E-state index in [2.05, 4.69) is 12.2 Å². The largest absolute Gasteiger partial charge is 0.381 e. The van der Waals surface area contributed by atoms with E-state index >= 15 is 0 Å². The molecule has 0 saturated carbocycles. The zero-order chi connectivity index (χ0) is 9.52. The predicted octanol–water partition coefficient (Wildman–Crippen LogP) is 0.524. The first kappa shape index (κ1) is 11.1. The van der Waals surface area contributed by atoms with Gasteiger partial charge in [0.15, 0.2) is 0 Å². The second-order valence-electron chi connectivity index (χ2n) is 3.25. The summed E-state index contributed by atoms with van der Waals surface area (Å²) in [5, 5.41) is 3.58. The maximum atomic E-state index is 11.7. The molecule has 0 aliphatic carbocycles. The van der Waals surface area contributed by atoms with Crippen LogP contribution in [0.4, 0.5) is 0 Å². The molecule has 0 aromatic rings. The van der Waals surface area contributed by atoms with E-state index in [-0.39, 0.29) is 0 Å². The second-order valence-corrected chi connectivity index (χ2v) is 5.09. The molecule has 0 amide bonds. The van der Waals surface area contributed by atoms with Crippen molar-refractivity contribution < 1.29 is 8.95 Å². The minimum Gasteiger partial charge on any atom is -0.381 e. The van der Waals surface area contributed by atoms with E-state index in [0.717, 1.165) is 44.9 Å². The van der Waals surface area contributed by atoms with Crippen LogP contribution >= 0.6 is 0 Å². The van der Waals surface area contributed by atoms with E-state index in [4.69, 9.17) is 4.74 Å². The molecule has 0 radical (unpaired) electrons. The maximum Gasteiger partial charge on any atom is 0.0477 e. The highest BCUT2D eigenvalue weighted by Gasteiger charge is 2.19. The smallest absolute Gasteiger partial charge is 0.0477 e. The van der Waals surface area contributed by atoms with E-state index in [9.17, 15) is 4.21 Å². The van der Waals surface area contributed by atoms with E-state index in [0.29, 0.717) is 5.25 Å². The molecule has 4 heteroatoms. The summed E-state index contributed by atoms with van der Waals surface area (Å²) >= 11 is 0. The molecular weight excluding hydrogens is 186 g/mol. The molecule has 0 spiro atoms. The molecule has 13 heavy (non-hydrogen) atoms. The fraction of sp³-hybridized carbons (Fsp3) is 1.00. The lowest BCUT2D eigenvalue weighted by atomic mass is 10.2. The lowest BCUT2D eigenvalue weighted by Crippen LogP contribution is -2.30. The number of hydrogen-bond donors (Lipinski definition) is 1. The molecule has 0 bridgehead atoms. The third kappa shape index (κ3) is 4.20. The lowest BCUT2D eigenvalue weighted by molar-refractivity contribution is 0.0992. The number of ether oxygens (including phenoxy) is 1. The van der Waals surface area contributed by atoms with Gasteiger partial charge in [0.2, 0.25) is 0 Å². The van der Waals surface area contributed by atoms with Gasteiger partial charge in [-0.3, -0.25) is 4.21 Å². The van der Waals surface area contributed by atoms with Gasteiger partial charge in [-0.15, -0.1) is 0 Å². The molecule has 78 valence electrons. The van der Waals surface area contributed by atoms with Crippen molar-refractivity contribution in [2.45, 2.75) is 25.0 Å². The topological polar surface area (TPSA) is 38.3 Å². The molecule has 1 aliphatic rings. The van der Waals surface area contributed by atoms with Crippen molar-refractivity contribution in [3.63, 3.8) is 0 Å². The van der Waals surface area contributed by atoms with Crippen LogP contribution in [0.3, 0.4) is 0 Å². The monoisotopic (exact) mass is 205 g/mol. The van der Waals surface area contributed by atoms with Crippen LogP contribution in [0.2, 0.25) is 0 Å². The van der Waals surface area contributed by atoms with E-state index in [1.165, 1.54) is 0 Å². The average Bonchev–Trinajstić information content (AvgIpc) is 2.19. The number of rotatable bonds is 5. The summed E-state index contributed by atoms with van der Waals surface area (Å²) in [6.45, 7) is 5.48. The zero-order valence-electron chi connectivity index (χ0n) is 8.25. The second kappa shape index (κ2) is 6.51. The van der Waals surface area contributed by atoms with Crippen molar-refractivity contribution in [3.8, 4) is 0 Å². The third-order valence-corrected chi connectivity index (χ3v) is 4.09. The normalized spacial score (nSPS) is 21.6. The molecule has 1 aliphatic heterocycles. The Morgan fingerprint density at radius 2 is 2.15 bits per heavy atom. The fourth-order valence-electron chi connectivity index (χ4n) is 1.46. The van der Waals surface area contributed by atoms with Gasteiger partial charge in [0.05, 0.1) is 0 Å². The van der Waals surface area contributed by atoms with E-state index in [1.807, 2.05) is 0 Å². The number of hydrogen-bond acceptors (Lipinski definition) is 3. The summed E-state index contributed by atoms with van der Waals surface area (Å²) in [5.74, 6) is 0.790. The van der Waals surface area contributed by atoms with Gasteiger partial charge in [-0.05, 0) is 19.4 Å². The van der Waals surface area contributed by atoms with Gasteiger partial charge in [-0.25, -0.2) is 0 Å². The summed E-state index contributed by atoms with van der Waals surface area (Å²) in [4.78, 5) is 0. The molecular formula is C9H19NO2S. The first-order chi connectivity index (χ1) is 6.34. The van der Waals surface area contributed by atoms with E-state index in [1.54, 1.807) is 0 Å². The minimum atomic E-state index is -0.650. The first-order valence-corrected chi connectivity index (χ1v) is 6.38. The molecule has 3 nitrogen and oxygen atoms in total. The molecule has 1 N–H and O–H groups in total. The molecule has 1 atom stereocenters. The van der Waals surface area contributed by atoms with Crippen LogP contribution in [-0.2, 0) is 15.5 Å². The highest BCUT2D eigenvalue weighted by molar-refractivity contribution is 7.85. The molecule has 0 aromatic heterocycles. The molecule has 1 unspecified atom stereocenters. The van der Waals surface area contributed by atoms with Gasteiger partial charge in [-0.1, -0.05) is 6.92 Å². The summed E-state index contributed by atoms with van der Waals surface area (Å²) < 4.78 is 16.9. The van der Waals surface area contributed by atoms with Crippen LogP contribution in [0, 0.1) is 0 Å². The lowest BCUT2D eigenvalue weighted by Gasteiger charge is -2.21. The Balaban J connectivity index is 2.13. The van der Waals surface area contributed by atoms with Crippen molar-refractivity contribution in [2.24, 2.45) is 0 Å². The van der Waals surface area contributed by atoms with Crippen molar-refractivity contribution in [1.29, 1.82) is 0 Å². The van der Waals surface area contributed by atoms with Gasteiger partial charge in [0.1, 0.15) is 0 Å². The maximum absolute atomic E-state index is 11.7. The highest BCUT2D eigenvalue weighted by atomic mass is 32.2. The molecule has 1 fully saturated rings. The van der Waals surface area contributed by atoms with Gasteiger partial charge in [0, 0.05) is 41.6 Å². The Kier molecular flexibility index (Phi) is 5.58. The Morgan fingerprint density at radius 3 is 2.77 bits per heavy atom. The quantitative estimate of drug-likeness (QED) is 0.665. The van der Waals surface area contributed by atoms with Crippen LogP contribution in [0.1, 0.15) is 19.8 Å². The summed E-state index contributed by atoms with van der Waals surface area (Å²) in [6.07, 6.45) is 1.94. The average molecular weight is 205 g/mol. The van der Waals surface area contributed by atoms with Crippen LogP contribution in [-0.4, -0.2) is 41.5 Å². The standard InChI is InChI=1S/C9H19NO2S/c1-2-10-5-8-13(11)9-3-6-12-7-4-9/h9-10H,2-8H2,1H3. The Labute approximate surface area is 82.7 Å². The molecule has 0 aromatic carbocycles. The summed E-state index contributed by atoms with van der Waals surface area (Å²) in [7, 11) is -0.650. The van der Waals surface area contributed by atoms with Crippen molar-refractivity contribution in [3.05, 3.63) is 0 Å². The van der Waals surface area contributed by atoms with Crippen molar-refractivity contribution >= 4 is 10.8 Å². The third-order valence-electron chi connectivity index (χ3n) is 2.27. The first-order valence-electron chi connectivity index (χ1n) is 5.00. The Morgan fingerprint density at radius 1 is 1.46 bits per heavy atom. The van der Waals surface area contributed by atoms with Gasteiger partial charge in [-0.2, -0.15) is 0 Å². The fourth-order valence-corrected chi connectivity index (χ4v) is 2.85. The Bertz CT molecular complexity index is 158. The van der Waals surface area contributed by atoms with E-state index < -0.39 is 10.8 Å². The molecule has 1 rings (SSSR count). The number of nitrogens with one attached hydrogen (secondary N) is 1. The molecule has 1 saturated heterocycles. The van der Waals surface area contributed by atoms with Crippen LogP contribution in [0.25, 0.3) is 0 Å². The van der Waals surface area contributed by atoms with Gasteiger partial charge < -0.3 is 10.1 Å². The zero-order valence-corrected chi connectivity index (χ0v) is 9.07.